The molecule has 0 amide bonds. The molecule has 0 radical (unpaired) electrons. The number of nitrogens with one attached hydrogen (secondary N) is 1. The summed E-state index contributed by atoms with van der Waals surface area (Å²) in [6.45, 7) is 7.47. The van der Waals surface area contributed by atoms with Crippen LogP contribution in [-0.4, -0.2) is 24.0 Å². The van der Waals surface area contributed by atoms with Crippen LogP contribution in [0.1, 0.15) is 52.4 Å². The third kappa shape index (κ3) is 1.67. The zero-order valence-corrected chi connectivity index (χ0v) is 14.0. The lowest BCUT2D eigenvalue weighted by molar-refractivity contribution is 0.134. The molecule has 118 valence electrons. The van der Waals surface area contributed by atoms with Crippen molar-refractivity contribution in [1.82, 2.24) is 10.2 Å². The van der Waals surface area contributed by atoms with Gasteiger partial charge in [-0.3, -0.25) is 0 Å². The van der Waals surface area contributed by atoms with E-state index < -0.39 is 0 Å². The van der Waals surface area contributed by atoms with Crippen LogP contribution in [0.4, 0.5) is 0 Å². The van der Waals surface area contributed by atoms with Crippen molar-refractivity contribution in [1.29, 1.82) is 0 Å². The first-order chi connectivity index (χ1) is 10.7. The standard InChI is InChI=1S/C20H28N2/c1-13-19-11-16-15-7-9-21-10-8-20(13,2)17(15)5-6-18(16)22(19)12-14-3-4-14/h8,10,13-14,19,21H,3-7,9,11-12H2,1-2H3. The largest absolute Gasteiger partial charge is 0.391 e. The summed E-state index contributed by atoms with van der Waals surface area (Å²) in [7, 11) is 0. The van der Waals surface area contributed by atoms with E-state index in [1.54, 1.807) is 22.4 Å². The molecule has 3 aliphatic carbocycles. The van der Waals surface area contributed by atoms with E-state index in [4.69, 9.17) is 0 Å². The molecular formula is C20H28N2. The minimum atomic E-state index is 0.253. The fraction of sp³-hybridized carbons (Fsp3) is 0.700. The summed E-state index contributed by atoms with van der Waals surface area (Å²) in [4.78, 5) is 2.87. The molecule has 5 bridgehead atoms. The monoisotopic (exact) mass is 296 g/mol. The molecule has 0 aromatic heterocycles. The van der Waals surface area contributed by atoms with Crippen LogP contribution in [0.2, 0.25) is 0 Å². The van der Waals surface area contributed by atoms with E-state index in [1.165, 1.54) is 45.1 Å². The molecule has 5 aliphatic rings. The normalized spacial score (nSPS) is 39.8. The van der Waals surface area contributed by atoms with Gasteiger partial charge >= 0.3 is 0 Å². The molecule has 0 aromatic rings. The highest BCUT2D eigenvalue weighted by atomic mass is 15.2. The zero-order chi connectivity index (χ0) is 14.9. The van der Waals surface area contributed by atoms with Gasteiger partial charge in [-0.2, -0.15) is 0 Å². The molecule has 0 saturated heterocycles. The van der Waals surface area contributed by atoms with Gasteiger partial charge in [0.25, 0.3) is 0 Å². The molecule has 22 heavy (non-hydrogen) atoms. The molecule has 1 N–H and O–H groups in total. The number of hydrogen-bond acceptors (Lipinski definition) is 2. The van der Waals surface area contributed by atoms with E-state index in [1.807, 2.05) is 0 Å². The van der Waals surface area contributed by atoms with Gasteiger partial charge in [0, 0.05) is 30.2 Å². The molecule has 2 heteroatoms. The van der Waals surface area contributed by atoms with Crippen LogP contribution in [0.5, 0.6) is 0 Å². The van der Waals surface area contributed by atoms with E-state index in [0.717, 1.165) is 18.5 Å². The fourth-order valence-electron chi connectivity index (χ4n) is 5.59. The second-order valence-electron chi connectivity index (χ2n) is 8.36. The lowest BCUT2D eigenvalue weighted by Crippen LogP contribution is -2.45. The van der Waals surface area contributed by atoms with Crippen molar-refractivity contribution in [2.24, 2.45) is 17.3 Å². The first-order valence-corrected chi connectivity index (χ1v) is 9.31. The van der Waals surface area contributed by atoms with E-state index in [9.17, 15) is 0 Å². The van der Waals surface area contributed by atoms with Crippen LogP contribution in [0.25, 0.3) is 0 Å². The smallest absolute Gasteiger partial charge is 0.0365 e. The minimum absolute atomic E-state index is 0.253. The molecule has 1 fully saturated rings. The molecule has 5 rings (SSSR count). The van der Waals surface area contributed by atoms with Crippen molar-refractivity contribution in [3.8, 4) is 0 Å². The van der Waals surface area contributed by atoms with Gasteiger partial charge in [-0.1, -0.05) is 25.5 Å². The Morgan fingerprint density at radius 3 is 2.91 bits per heavy atom. The lowest BCUT2D eigenvalue weighted by Gasteiger charge is -2.47. The molecule has 3 unspecified atom stereocenters. The third-order valence-electron chi connectivity index (χ3n) is 7.24. The second kappa shape index (κ2) is 4.43. The fourth-order valence-corrected chi connectivity index (χ4v) is 5.59. The van der Waals surface area contributed by atoms with Gasteiger partial charge in [0.2, 0.25) is 0 Å². The van der Waals surface area contributed by atoms with Gasteiger partial charge in [-0.25, -0.2) is 0 Å². The first-order valence-electron chi connectivity index (χ1n) is 9.31. The number of likely N-dealkylation sites (tertiary alicyclic amines) is 1. The summed E-state index contributed by atoms with van der Waals surface area (Å²) < 4.78 is 0. The van der Waals surface area contributed by atoms with Gasteiger partial charge in [-0.15, -0.1) is 0 Å². The number of rotatable bonds is 2. The van der Waals surface area contributed by atoms with Gasteiger partial charge in [0.1, 0.15) is 0 Å². The maximum atomic E-state index is 3.51. The van der Waals surface area contributed by atoms with Gasteiger partial charge in [0.15, 0.2) is 0 Å². The lowest BCUT2D eigenvalue weighted by atomic mass is 9.65. The van der Waals surface area contributed by atoms with Crippen LogP contribution in [0, 0.1) is 17.3 Å². The first kappa shape index (κ1) is 13.3. The topological polar surface area (TPSA) is 15.3 Å². The average Bonchev–Trinajstić information content (AvgIpc) is 3.24. The summed E-state index contributed by atoms with van der Waals surface area (Å²) in [5, 5.41) is 3.51. The minimum Gasteiger partial charge on any atom is -0.391 e. The molecule has 0 aromatic carbocycles. The molecule has 2 heterocycles. The Bertz CT molecular complexity index is 607. The highest BCUT2D eigenvalue weighted by Gasteiger charge is 2.51. The maximum Gasteiger partial charge on any atom is 0.0365 e. The van der Waals surface area contributed by atoms with E-state index in [-0.39, 0.29) is 5.41 Å². The molecule has 2 nitrogen and oxygen atoms in total. The van der Waals surface area contributed by atoms with Crippen molar-refractivity contribution in [2.45, 2.75) is 58.4 Å². The second-order valence-corrected chi connectivity index (χ2v) is 8.36. The van der Waals surface area contributed by atoms with Crippen LogP contribution in [0.3, 0.4) is 0 Å². The summed E-state index contributed by atoms with van der Waals surface area (Å²) in [5.74, 6) is 1.70. The Morgan fingerprint density at radius 2 is 2.09 bits per heavy atom. The number of fused-ring (bicyclic) bond motifs is 1. The molecule has 1 saturated carbocycles. The van der Waals surface area contributed by atoms with Gasteiger partial charge in [-0.05, 0) is 67.7 Å². The van der Waals surface area contributed by atoms with E-state index in [0.29, 0.717) is 5.92 Å². The Kier molecular flexibility index (Phi) is 2.67. The van der Waals surface area contributed by atoms with Gasteiger partial charge in [0.05, 0.1) is 0 Å². The van der Waals surface area contributed by atoms with Crippen molar-refractivity contribution in [3.63, 3.8) is 0 Å². The van der Waals surface area contributed by atoms with Crippen LogP contribution < -0.4 is 5.32 Å². The van der Waals surface area contributed by atoms with Crippen LogP contribution in [-0.2, 0) is 0 Å². The number of allylic oxidation sites excluding steroid dienone is 3. The average molecular weight is 296 g/mol. The Hall–Kier alpha value is -1.18. The van der Waals surface area contributed by atoms with Crippen molar-refractivity contribution in [3.05, 3.63) is 34.7 Å². The molecular weight excluding hydrogens is 268 g/mol. The summed E-state index contributed by atoms with van der Waals surface area (Å²) >= 11 is 0. The summed E-state index contributed by atoms with van der Waals surface area (Å²) in [5.41, 5.74) is 7.29. The number of hydrogen-bond donors (Lipinski definition) is 1. The van der Waals surface area contributed by atoms with Crippen LogP contribution >= 0.6 is 0 Å². The van der Waals surface area contributed by atoms with Crippen molar-refractivity contribution in [2.75, 3.05) is 13.1 Å². The third-order valence-corrected chi connectivity index (χ3v) is 7.24. The van der Waals surface area contributed by atoms with Crippen LogP contribution in [0.15, 0.2) is 34.7 Å². The Morgan fingerprint density at radius 1 is 1.23 bits per heavy atom. The quantitative estimate of drug-likeness (QED) is 0.829. The Labute approximate surface area is 134 Å². The highest BCUT2D eigenvalue weighted by molar-refractivity contribution is 5.52. The van der Waals surface area contributed by atoms with Crippen molar-refractivity contribution >= 4 is 0 Å². The van der Waals surface area contributed by atoms with E-state index in [2.05, 4.69) is 36.3 Å². The maximum absolute atomic E-state index is 3.51. The molecule has 0 spiro atoms. The van der Waals surface area contributed by atoms with Crippen molar-refractivity contribution < 1.29 is 0 Å². The Balaban J connectivity index is 1.67. The molecule has 2 aliphatic heterocycles. The predicted octanol–water partition coefficient (Wildman–Crippen LogP) is 3.98. The predicted molar refractivity (Wildman–Crippen MR) is 90.2 cm³/mol. The highest BCUT2D eigenvalue weighted by Crippen LogP contribution is 2.58. The number of nitrogens with zero attached hydrogens (tertiary/aromatic N) is 1. The van der Waals surface area contributed by atoms with Gasteiger partial charge < -0.3 is 10.2 Å². The molecule has 3 atom stereocenters. The SMILES string of the molecule is CC1C2CC3=C(CCC4=C3CCNC=CC41C)N2CC1CC1. The summed E-state index contributed by atoms with van der Waals surface area (Å²) in [6, 6.07) is 0.742. The van der Waals surface area contributed by atoms with E-state index >= 15 is 0 Å². The zero-order valence-electron chi connectivity index (χ0n) is 14.0. The summed E-state index contributed by atoms with van der Waals surface area (Å²) in [6.07, 6.45) is 12.8.